The number of carbonyl (C=O) groups excluding carboxylic acids is 2. The molecule has 32 heavy (non-hydrogen) atoms. The van der Waals surface area contributed by atoms with E-state index >= 15 is 0 Å². The standard InChI is InChI=1S/C23H22N2O6S/c1-29-16-8-4-14(5-9-16)18-12-19(26)25(15-6-10-17(30-2)11-7-15)22-21(18)32-23(28)24(22)13-20(27)31-3/h4-11,18H,12-13H2,1-3H3/t18-/m1/s1. The van der Waals surface area contributed by atoms with Gasteiger partial charge in [0.15, 0.2) is 0 Å². The maximum atomic E-state index is 13.4. The summed E-state index contributed by atoms with van der Waals surface area (Å²) in [7, 11) is 4.41. The number of fused-ring (bicyclic) bond motifs is 1. The lowest BCUT2D eigenvalue weighted by molar-refractivity contribution is -0.141. The van der Waals surface area contributed by atoms with Crippen LogP contribution in [0.5, 0.6) is 11.5 Å². The summed E-state index contributed by atoms with van der Waals surface area (Å²) in [6.07, 6.45) is 0.184. The van der Waals surface area contributed by atoms with Crippen LogP contribution in [0.1, 0.15) is 22.8 Å². The van der Waals surface area contributed by atoms with Gasteiger partial charge in [0, 0.05) is 12.3 Å². The molecule has 0 radical (unpaired) electrons. The van der Waals surface area contributed by atoms with Crippen molar-refractivity contribution in [3.63, 3.8) is 0 Å². The first-order valence-corrected chi connectivity index (χ1v) is 10.7. The SMILES string of the molecule is COC(=O)Cn1c2c(sc1=O)[C@@H](c1ccc(OC)cc1)CC(=O)N2c1ccc(OC)cc1. The second kappa shape index (κ2) is 8.88. The Morgan fingerprint density at radius 1 is 0.969 bits per heavy atom. The largest absolute Gasteiger partial charge is 0.497 e. The number of carbonyl (C=O) groups is 2. The summed E-state index contributed by atoms with van der Waals surface area (Å²) in [6.45, 7) is -0.281. The summed E-state index contributed by atoms with van der Waals surface area (Å²) in [5.41, 5.74) is 1.47. The van der Waals surface area contributed by atoms with Crippen molar-refractivity contribution in [2.24, 2.45) is 0 Å². The van der Waals surface area contributed by atoms with Gasteiger partial charge in [-0.1, -0.05) is 23.5 Å². The monoisotopic (exact) mass is 454 g/mol. The van der Waals surface area contributed by atoms with Crippen LogP contribution in [0.3, 0.4) is 0 Å². The number of amides is 1. The van der Waals surface area contributed by atoms with Crippen LogP contribution in [0.25, 0.3) is 0 Å². The Morgan fingerprint density at radius 3 is 2.12 bits per heavy atom. The molecule has 0 N–H and O–H groups in total. The van der Waals surface area contributed by atoms with E-state index in [0.29, 0.717) is 23.0 Å². The molecule has 1 aliphatic rings. The number of rotatable bonds is 6. The molecule has 1 amide bonds. The molecule has 0 unspecified atom stereocenters. The first-order valence-electron chi connectivity index (χ1n) is 9.88. The third-order valence-electron chi connectivity index (χ3n) is 5.41. The van der Waals surface area contributed by atoms with E-state index in [4.69, 9.17) is 14.2 Å². The van der Waals surface area contributed by atoms with Gasteiger partial charge in [-0.25, -0.2) is 0 Å². The van der Waals surface area contributed by atoms with Gasteiger partial charge in [0.1, 0.15) is 23.9 Å². The number of aromatic nitrogens is 1. The second-order valence-corrected chi connectivity index (χ2v) is 8.17. The van der Waals surface area contributed by atoms with Gasteiger partial charge in [-0.2, -0.15) is 0 Å². The highest BCUT2D eigenvalue weighted by Gasteiger charge is 2.38. The molecule has 166 valence electrons. The van der Waals surface area contributed by atoms with Crippen molar-refractivity contribution >= 4 is 34.7 Å². The van der Waals surface area contributed by atoms with Crippen molar-refractivity contribution in [3.05, 3.63) is 68.6 Å². The maximum Gasteiger partial charge on any atom is 0.325 e. The Balaban J connectivity index is 1.87. The number of benzene rings is 2. The van der Waals surface area contributed by atoms with Crippen molar-refractivity contribution in [1.82, 2.24) is 4.57 Å². The van der Waals surface area contributed by atoms with Crippen LogP contribution in [0, 0.1) is 0 Å². The maximum absolute atomic E-state index is 13.4. The van der Waals surface area contributed by atoms with E-state index in [2.05, 4.69) is 0 Å². The average molecular weight is 455 g/mol. The van der Waals surface area contributed by atoms with Crippen LogP contribution in [0.4, 0.5) is 11.5 Å². The van der Waals surface area contributed by atoms with Gasteiger partial charge in [-0.05, 0) is 42.0 Å². The fraction of sp³-hybridized carbons (Fsp3) is 0.261. The molecule has 1 aliphatic heterocycles. The molecule has 0 fully saturated rings. The van der Waals surface area contributed by atoms with Gasteiger partial charge in [0.05, 0.1) is 31.9 Å². The summed E-state index contributed by atoms with van der Waals surface area (Å²) in [5, 5.41) is 0. The van der Waals surface area contributed by atoms with Crippen LogP contribution < -0.4 is 19.2 Å². The fourth-order valence-corrected chi connectivity index (χ4v) is 4.89. The van der Waals surface area contributed by atoms with Crippen LogP contribution >= 0.6 is 11.3 Å². The van der Waals surface area contributed by atoms with E-state index in [1.807, 2.05) is 24.3 Å². The third kappa shape index (κ3) is 3.87. The third-order valence-corrected chi connectivity index (χ3v) is 6.50. The predicted octanol–water partition coefficient (Wildman–Crippen LogP) is 3.30. The Kier molecular flexibility index (Phi) is 6.00. The van der Waals surface area contributed by atoms with E-state index < -0.39 is 5.97 Å². The lowest BCUT2D eigenvalue weighted by Crippen LogP contribution is -2.36. The zero-order valence-corrected chi connectivity index (χ0v) is 18.7. The number of methoxy groups -OCH3 is 3. The number of hydrogen-bond acceptors (Lipinski definition) is 7. The zero-order chi connectivity index (χ0) is 22.8. The van der Waals surface area contributed by atoms with Crippen LogP contribution in [0.15, 0.2) is 53.3 Å². The highest BCUT2D eigenvalue weighted by atomic mass is 32.1. The van der Waals surface area contributed by atoms with Crippen molar-refractivity contribution < 1.29 is 23.8 Å². The number of thiazole rings is 1. The molecule has 2 heterocycles. The Morgan fingerprint density at radius 2 is 1.56 bits per heavy atom. The van der Waals surface area contributed by atoms with Gasteiger partial charge < -0.3 is 14.2 Å². The molecule has 0 saturated carbocycles. The number of nitrogens with zero attached hydrogens (tertiary/aromatic N) is 2. The molecule has 4 rings (SSSR count). The minimum Gasteiger partial charge on any atom is -0.497 e. The molecule has 0 spiro atoms. The molecule has 8 nitrogen and oxygen atoms in total. The Hall–Kier alpha value is -3.59. The molecule has 0 saturated heterocycles. The number of hydrogen-bond donors (Lipinski definition) is 0. The summed E-state index contributed by atoms with van der Waals surface area (Å²) in [6, 6.07) is 14.4. The molecule has 2 aromatic carbocycles. The minimum absolute atomic E-state index is 0.181. The van der Waals surface area contributed by atoms with Crippen molar-refractivity contribution in [2.75, 3.05) is 26.2 Å². The molecule has 3 aromatic rings. The summed E-state index contributed by atoms with van der Waals surface area (Å²) in [5.74, 6) is 0.683. The van der Waals surface area contributed by atoms with Crippen LogP contribution in [-0.2, 0) is 20.9 Å². The first-order chi connectivity index (χ1) is 15.5. The van der Waals surface area contributed by atoms with Gasteiger partial charge in [-0.3, -0.25) is 23.9 Å². The highest BCUT2D eigenvalue weighted by Crippen LogP contribution is 2.45. The Bertz CT molecular complexity index is 1200. The summed E-state index contributed by atoms with van der Waals surface area (Å²) in [4.78, 5) is 40.2. The summed E-state index contributed by atoms with van der Waals surface area (Å²) < 4.78 is 16.5. The lowest BCUT2D eigenvalue weighted by atomic mass is 9.90. The van der Waals surface area contributed by atoms with Crippen LogP contribution in [-0.4, -0.2) is 37.8 Å². The topological polar surface area (TPSA) is 87.1 Å². The number of ether oxygens (including phenoxy) is 3. The summed E-state index contributed by atoms with van der Waals surface area (Å²) >= 11 is 1.04. The minimum atomic E-state index is -0.568. The van der Waals surface area contributed by atoms with Crippen molar-refractivity contribution in [1.29, 1.82) is 0 Å². The molecule has 9 heteroatoms. The van der Waals surface area contributed by atoms with E-state index in [0.717, 1.165) is 21.8 Å². The van der Waals surface area contributed by atoms with Gasteiger partial charge in [0.2, 0.25) is 5.91 Å². The van der Waals surface area contributed by atoms with Crippen LogP contribution in [0.2, 0.25) is 0 Å². The molecular weight excluding hydrogens is 432 g/mol. The quantitative estimate of drug-likeness (QED) is 0.531. The van der Waals surface area contributed by atoms with E-state index in [-0.39, 0.29) is 29.7 Å². The normalized spacial score (nSPS) is 15.3. The molecule has 0 aliphatic carbocycles. The van der Waals surface area contributed by atoms with Gasteiger partial charge >= 0.3 is 10.8 Å². The van der Waals surface area contributed by atoms with E-state index in [9.17, 15) is 14.4 Å². The average Bonchev–Trinajstić information content (AvgIpc) is 3.14. The second-order valence-electron chi connectivity index (χ2n) is 7.18. The zero-order valence-electron chi connectivity index (χ0n) is 17.9. The fourth-order valence-electron chi connectivity index (χ4n) is 3.78. The van der Waals surface area contributed by atoms with Crippen molar-refractivity contribution in [3.8, 4) is 11.5 Å². The van der Waals surface area contributed by atoms with Gasteiger partial charge in [-0.15, -0.1) is 0 Å². The Labute approximate surface area is 188 Å². The van der Waals surface area contributed by atoms with E-state index in [1.165, 1.54) is 16.6 Å². The molecule has 1 aromatic heterocycles. The van der Waals surface area contributed by atoms with E-state index in [1.54, 1.807) is 38.5 Å². The molecular formula is C23H22N2O6S. The van der Waals surface area contributed by atoms with Crippen molar-refractivity contribution in [2.45, 2.75) is 18.9 Å². The number of anilines is 2. The molecule has 0 bridgehead atoms. The first kappa shape index (κ1) is 21.6. The lowest BCUT2D eigenvalue weighted by Gasteiger charge is -2.32. The highest BCUT2D eigenvalue weighted by molar-refractivity contribution is 7.10. The number of esters is 1. The smallest absolute Gasteiger partial charge is 0.325 e. The predicted molar refractivity (Wildman–Crippen MR) is 120 cm³/mol. The molecule has 1 atom stereocenters. The van der Waals surface area contributed by atoms with Gasteiger partial charge in [0.25, 0.3) is 0 Å².